The number of nitrogens with zero attached hydrogens (tertiary/aromatic N) is 1. The van der Waals surface area contributed by atoms with Crippen molar-refractivity contribution in [1.82, 2.24) is 6.15 Å². The van der Waals surface area contributed by atoms with Crippen molar-refractivity contribution in [3.8, 4) is 6.07 Å². The van der Waals surface area contributed by atoms with Crippen LogP contribution in [0.3, 0.4) is 0 Å². The van der Waals surface area contributed by atoms with Gasteiger partial charge in [0.1, 0.15) is 0 Å². The quantitative estimate of drug-likeness (QED) is 0.558. The van der Waals surface area contributed by atoms with Gasteiger partial charge in [0, 0.05) is 12.8 Å². The van der Waals surface area contributed by atoms with Crippen molar-refractivity contribution in [2.45, 2.75) is 64.2 Å². The fourth-order valence-corrected chi connectivity index (χ4v) is 1.54. The predicted molar refractivity (Wildman–Crippen MR) is 64.4 cm³/mol. The normalized spacial score (nSPS) is 9.19. The van der Waals surface area contributed by atoms with Gasteiger partial charge in [-0.2, -0.15) is 5.26 Å². The summed E-state index contributed by atoms with van der Waals surface area (Å²) in [7, 11) is 0. The molecule has 4 heteroatoms. The molecule has 0 aromatic rings. The summed E-state index contributed by atoms with van der Waals surface area (Å²) in [6, 6.07) is 2.14. The molecule has 0 radical (unpaired) electrons. The Kier molecular flexibility index (Phi) is 15.1. The number of carbonyl (C=O) groups is 1. The number of carboxylic acids is 1. The van der Waals surface area contributed by atoms with Crippen LogP contribution in [0.2, 0.25) is 0 Å². The molecule has 0 aromatic heterocycles. The largest absolute Gasteiger partial charge is 0.481 e. The van der Waals surface area contributed by atoms with Crippen molar-refractivity contribution in [2.75, 3.05) is 0 Å². The Labute approximate surface area is 98.2 Å². The van der Waals surface area contributed by atoms with Gasteiger partial charge < -0.3 is 11.3 Å². The second-order valence-electron chi connectivity index (χ2n) is 3.88. The zero-order valence-electron chi connectivity index (χ0n) is 10.1. The van der Waals surface area contributed by atoms with Gasteiger partial charge in [0.15, 0.2) is 0 Å². The van der Waals surface area contributed by atoms with Gasteiger partial charge in [0.05, 0.1) is 6.07 Å². The maximum atomic E-state index is 10.2. The molecular formula is C12H24N2O2. The smallest absolute Gasteiger partial charge is 0.303 e. The van der Waals surface area contributed by atoms with Gasteiger partial charge in [-0.15, -0.1) is 0 Å². The summed E-state index contributed by atoms with van der Waals surface area (Å²) in [4.78, 5) is 10.2. The molecular weight excluding hydrogens is 204 g/mol. The topological polar surface area (TPSA) is 96.1 Å². The van der Waals surface area contributed by atoms with E-state index in [1.165, 1.54) is 19.3 Å². The van der Waals surface area contributed by atoms with Gasteiger partial charge in [-0.05, 0) is 12.8 Å². The highest BCUT2D eigenvalue weighted by atomic mass is 16.4. The first-order chi connectivity index (χ1) is 7.27. The lowest BCUT2D eigenvalue weighted by Gasteiger charge is -2.00. The first kappa shape index (κ1) is 17.3. The average molecular weight is 228 g/mol. The fraction of sp³-hybridized carbons (Fsp3) is 0.833. The highest BCUT2D eigenvalue weighted by Gasteiger charge is 1.96. The van der Waals surface area contributed by atoms with E-state index in [2.05, 4.69) is 6.07 Å². The van der Waals surface area contributed by atoms with Gasteiger partial charge >= 0.3 is 5.97 Å². The molecule has 0 saturated carbocycles. The Morgan fingerprint density at radius 3 is 1.81 bits per heavy atom. The van der Waals surface area contributed by atoms with E-state index < -0.39 is 5.97 Å². The number of nitriles is 1. The van der Waals surface area contributed by atoms with Crippen molar-refractivity contribution in [1.29, 1.82) is 5.26 Å². The van der Waals surface area contributed by atoms with Crippen LogP contribution in [0.15, 0.2) is 0 Å². The summed E-state index contributed by atoms with van der Waals surface area (Å²) in [5.74, 6) is -0.688. The van der Waals surface area contributed by atoms with Gasteiger partial charge in [-0.1, -0.05) is 38.5 Å². The minimum Gasteiger partial charge on any atom is -0.481 e. The van der Waals surface area contributed by atoms with Gasteiger partial charge in [-0.25, -0.2) is 0 Å². The SMILES string of the molecule is N.N#CCCCCCCCCCCC(=O)O. The van der Waals surface area contributed by atoms with Crippen molar-refractivity contribution >= 4 is 5.97 Å². The van der Waals surface area contributed by atoms with E-state index in [0.717, 1.165) is 32.1 Å². The zero-order chi connectivity index (χ0) is 11.4. The lowest BCUT2D eigenvalue weighted by Crippen LogP contribution is -1.93. The third kappa shape index (κ3) is 15.4. The number of unbranched alkanes of at least 4 members (excludes halogenated alkanes) is 8. The zero-order valence-corrected chi connectivity index (χ0v) is 10.1. The van der Waals surface area contributed by atoms with E-state index >= 15 is 0 Å². The van der Waals surface area contributed by atoms with Crippen LogP contribution in [0.4, 0.5) is 0 Å². The van der Waals surface area contributed by atoms with Crippen molar-refractivity contribution in [2.24, 2.45) is 0 Å². The minimum absolute atomic E-state index is 0. The molecule has 0 rings (SSSR count). The van der Waals surface area contributed by atoms with E-state index in [1.54, 1.807) is 0 Å². The Morgan fingerprint density at radius 1 is 0.938 bits per heavy atom. The van der Waals surface area contributed by atoms with Crippen LogP contribution in [0, 0.1) is 11.3 Å². The van der Waals surface area contributed by atoms with Crippen LogP contribution in [-0.4, -0.2) is 11.1 Å². The van der Waals surface area contributed by atoms with Crippen LogP contribution in [0.1, 0.15) is 64.2 Å². The lowest BCUT2D eigenvalue weighted by molar-refractivity contribution is -0.137. The molecule has 0 heterocycles. The van der Waals surface area contributed by atoms with E-state index in [4.69, 9.17) is 10.4 Å². The first-order valence-corrected chi connectivity index (χ1v) is 5.86. The van der Waals surface area contributed by atoms with Crippen LogP contribution in [0.25, 0.3) is 0 Å². The standard InChI is InChI=1S/C12H21NO2.H3N/c13-11-9-7-5-3-1-2-4-6-8-10-12(14)15;/h1-10H2,(H,14,15);1H3. The summed E-state index contributed by atoms with van der Waals surface area (Å²) in [6.07, 6.45) is 9.78. The second-order valence-corrected chi connectivity index (χ2v) is 3.88. The third-order valence-electron chi connectivity index (χ3n) is 2.43. The molecule has 0 amide bonds. The monoisotopic (exact) mass is 228 g/mol. The third-order valence-corrected chi connectivity index (χ3v) is 2.43. The maximum Gasteiger partial charge on any atom is 0.303 e. The molecule has 0 spiro atoms. The highest BCUT2D eigenvalue weighted by molar-refractivity contribution is 5.66. The van der Waals surface area contributed by atoms with Crippen LogP contribution in [0.5, 0.6) is 0 Å². The molecule has 4 N–H and O–H groups in total. The molecule has 94 valence electrons. The van der Waals surface area contributed by atoms with Gasteiger partial charge in [0.2, 0.25) is 0 Å². The number of rotatable bonds is 10. The van der Waals surface area contributed by atoms with Crippen LogP contribution >= 0.6 is 0 Å². The van der Waals surface area contributed by atoms with Crippen molar-refractivity contribution in [3.05, 3.63) is 0 Å². The van der Waals surface area contributed by atoms with Gasteiger partial charge in [0.25, 0.3) is 0 Å². The molecule has 0 saturated heterocycles. The van der Waals surface area contributed by atoms with E-state index in [1.807, 2.05) is 0 Å². The van der Waals surface area contributed by atoms with Crippen LogP contribution in [-0.2, 0) is 4.79 Å². The molecule has 0 aliphatic heterocycles. The van der Waals surface area contributed by atoms with Crippen LogP contribution < -0.4 is 6.15 Å². The molecule has 0 atom stereocenters. The van der Waals surface area contributed by atoms with E-state index in [0.29, 0.717) is 12.8 Å². The number of aliphatic carboxylic acids is 1. The molecule has 0 aromatic carbocycles. The first-order valence-electron chi connectivity index (χ1n) is 5.86. The summed E-state index contributed by atoms with van der Waals surface area (Å²) >= 11 is 0. The molecule has 0 fully saturated rings. The highest BCUT2D eigenvalue weighted by Crippen LogP contribution is 2.10. The van der Waals surface area contributed by atoms with Gasteiger partial charge in [-0.3, -0.25) is 4.79 Å². The average Bonchev–Trinajstić information content (AvgIpc) is 2.20. The minimum atomic E-state index is -0.688. The Balaban J connectivity index is 0. The summed E-state index contributed by atoms with van der Waals surface area (Å²) in [5.41, 5.74) is 0. The van der Waals surface area contributed by atoms with E-state index in [-0.39, 0.29) is 6.15 Å². The Morgan fingerprint density at radius 2 is 1.38 bits per heavy atom. The predicted octanol–water partition coefficient (Wildman–Crippen LogP) is 3.66. The van der Waals surface area contributed by atoms with Crippen molar-refractivity contribution in [3.63, 3.8) is 0 Å². The number of carboxylic acid groups (broad SMARTS) is 1. The molecule has 0 aliphatic rings. The molecule has 0 aliphatic carbocycles. The second kappa shape index (κ2) is 13.9. The molecule has 0 bridgehead atoms. The lowest BCUT2D eigenvalue weighted by atomic mass is 10.1. The molecule has 0 unspecified atom stereocenters. The fourth-order valence-electron chi connectivity index (χ4n) is 1.54. The molecule has 4 nitrogen and oxygen atoms in total. The number of hydrogen-bond donors (Lipinski definition) is 2. The van der Waals surface area contributed by atoms with Crippen molar-refractivity contribution < 1.29 is 9.90 Å². The maximum absolute atomic E-state index is 10.2. The summed E-state index contributed by atoms with van der Waals surface area (Å²) in [5, 5.41) is 16.7. The Bertz CT molecular complexity index is 200. The molecule has 16 heavy (non-hydrogen) atoms. The summed E-state index contributed by atoms with van der Waals surface area (Å²) in [6.45, 7) is 0. The number of hydrogen-bond acceptors (Lipinski definition) is 3. The Hall–Kier alpha value is -1.08. The van der Waals surface area contributed by atoms with E-state index in [9.17, 15) is 4.79 Å². The summed E-state index contributed by atoms with van der Waals surface area (Å²) < 4.78 is 0.